The van der Waals surface area contributed by atoms with Crippen LogP contribution in [0.25, 0.3) is 0 Å². The van der Waals surface area contributed by atoms with E-state index >= 15 is 0 Å². The predicted molar refractivity (Wildman–Crippen MR) is 72.8 cm³/mol. The van der Waals surface area contributed by atoms with E-state index in [2.05, 4.69) is 15.1 Å². The fraction of sp³-hybridized carbons (Fsp3) is 0.615. The third kappa shape index (κ3) is 3.64. The molecule has 0 aliphatic carbocycles. The van der Waals surface area contributed by atoms with E-state index in [1.54, 1.807) is 6.20 Å². The van der Waals surface area contributed by atoms with Crippen LogP contribution >= 0.6 is 0 Å². The van der Waals surface area contributed by atoms with Gasteiger partial charge in [0.05, 0.1) is 19.7 Å². The molecule has 110 valence electrons. The maximum atomic E-state index is 9.17. The quantitative estimate of drug-likeness (QED) is 0.812. The molecule has 0 amide bonds. The van der Waals surface area contributed by atoms with Crippen molar-refractivity contribution in [2.75, 3.05) is 13.2 Å². The Kier molecular flexibility index (Phi) is 4.86. The number of rotatable bonds is 7. The number of aliphatic hydroxyl groups is 1. The Balaban J connectivity index is 2.03. The molecule has 0 unspecified atom stereocenters. The summed E-state index contributed by atoms with van der Waals surface area (Å²) in [6, 6.07) is 0. The van der Waals surface area contributed by atoms with Crippen LogP contribution in [-0.4, -0.2) is 42.8 Å². The zero-order valence-electron chi connectivity index (χ0n) is 12.2. The molecule has 0 saturated carbocycles. The Morgan fingerprint density at radius 1 is 1.40 bits per heavy atom. The summed E-state index contributed by atoms with van der Waals surface area (Å²) < 4.78 is 7.15. The van der Waals surface area contributed by atoms with Gasteiger partial charge in [0, 0.05) is 31.9 Å². The predicted octanol–water partition coefficient (Wildman–Crippen LogP) is 0.921. The molecule has 2 rings (SSSR count). The van der Waals surface area contributed by atoms with Gasteiger partial charge < -0.3 is 14.2 Å². The highest BCUT2D eigenvalue weighted by Crippen LogP contribution is 2.12. The minimum atomic E-state index is 0.0827. The number of hydrogen-bond donors (Lipinski definition) is 1. The molecule has 0 aliphatic heterocycles. The number of aliphatic hydroxyl groups excluding tert-OH is 1. The van der Waals surface area contributed by atoms with Gasteiger partial charge in [-0.1, -0.05) is 19.0 Å². The number of imidazole rings is 1. The van der Waals surface area contributed by atoms with E-state index < -0.39 is 0 Å². The lowest BCUT2D eigenvalue weighted by atomic mass is 10.2. The average Bonchev–Trinajstić information content (AvgIpc) is 3.00. The summed E-state index contributed by atoms with van der Waals surface area (Å²) in [5.74, 6) is 2.43. The normalized spacial score (nSPS) is 11.7. The van der Waals surface area contributed by atoms with Crippen LogP contribution in [0.3, 0.4) is 0 Å². The number of hydrogen-bond acceptors (Lipinski definition) is 6. The Morgan fingerprint density at radius 3 is 2.75 bits per heavy atom. The van der Waals surface area contributed by atoms with E-state index in [0.717, 1.165) is 5.82 Å². The second kappa shape index (κ2) is 6.62. The molecule has 2 heterocycles. The van der Waals surface area contributed by atoms with Crippen molar-refractivity contribution in [3.8, 4) is 0 Å². The number of nitrogens with zero attached hydrogens (tertiary/aromatic N) is 5. The van der Waals surface area contributed by atoms with Gasteiger partial charge in [-0.25, -0.2) is 4.98 Å². The van der Waals surface area contributed by atoms with E-state index in [9.17, 15) is 5.11 Å². The lowest BCUT2D eigenvalue weighted by Crippen LogP contribution is -2.27. The molecule has 0 aromatic carbocycles. The Labute approximate surface area is 118 Å². The second-order valence-electron chi connectivity index (χ2n) is 5.09. The molecule has 0 bridgehead atoms. The minimum Gasteiger partial charge on any atom is -0.395 e. The van der Waals surface area contributed by atoms with Crippen LogP contribution in [-0.2, 0) is 20.1 Å². The number of aromatic nitrogens is 4. The lowest BCUT2D eigenvalue weighted by Gasteiger charge is -2.18. The van der Waals surface area contributed by atoms with Gasteiger partial charge >= 0.3 is 0 Å². The highest BCUT2D eigenvalue weighted by molar-refractivity contribution is 4.94. The molecule has 0 saturated heterocycles. The fourth-order valence-corrected chi connectivity index (χ4v) is 1.87. The first-order valence-electron chi connectivity index (χ1n) is 6.72. The van der Waals surface area contributed by atoms with Crippen molar-refractivity contribution in [2.45, 2.75) is 32.9 Å². The summed E-state index contributed by atoms with van der Waals surface area (Å²) in [5, 5.41) is 13.1. The molecular weight excluding hydrogens is 258 g/mol. The van der Waals surface area contributed by atoms with Gasteiger partial charge in [0.1, 0.15) is 5.82 Å². The third-order valence-corrected chi connectivity index (χ3v) is 3.04. The van der Waals surface area contributed by atoms with Crippen molar-refractivity contribution in [3.05, 3.63) is 29.9 Å². The van der Waals surface area contributed by atoms with Crippen molar-refractivity contribution >= 4 is 0 Å². The van der Waals surface area contributed by atoms with Crippen LogP contribution in [0.15, 0.2) is 16.9 Å². The van der Waals surface area contributed by atoms with Gasteiger partial charge in [-0.05, 0) is 0 Å². The van der Waals surface area contributed by atoms with Gasteiger partial charge in [0.2, 0.25) is 5.89 Å². The van der Waals surface area contributed by atoms with Crippen LogP contribution in [0.4, 0.5) is 0 Å². The summed E-state index contributed by atoms with van der Waals surface area (Å²) >= 11 is 0. The van der Waals surface area contributed by atoms with E-state index in [4.69, 9.17) is 4.52 Å². The monoisotopic (exact) mass is 279 g/mol. The topological polar surface area (TPSA) is 80.2 Å². The molecule has 2 aromatic heterocycles. The fourth-order valence-electron chi connectivity index (χ4n) is 1.87. The maximum absolute atomic E-state index is 9.17. The van der Waals surface area contributed by atoms with E-state index in [1.165, 1.54) is 0 Å². The third-order valence-electron chi connectivity index (χ3n) is 3.04. The van der Waals surface area contributed by atoms with Crippen molar-refractivity contribution in [1.29, 1.82) is 0 Å². The molecule has 0 spiro atoms. The highest BCUT2D eigenvalue weighted by atomic mass is 16.5. The minimum absolute atomic E-state index is 0.0827. The van der Waals surface area contributed by atoms with Crippen molar-refractivity contribution in [3.63, 3.8) is 0 Å². The highest BCUT2D eigenvalue weighted by Gasteiger charge is 2.15. The molecule has 20 heavy (non-hydrogen) atoms. The summed E-state index contributed by atoms with van der Waals surface area (Å²) in [4.78, 5) is 10.7. The van der Waals surface area contributed by atoms with Gasteiger partial charge in [-0.2, -0.15) is 4.98 Å². The van der Waals surface area contributed by atoms with Crippen molar-refractivity contribution in [1.82, 2.24) is 24.6 Å². The Bertz CT molecular complexity index is 534. The molecule has 7 nitrogen and oxygen atoms in total. The zero-order chi connectivity index (χ0) is 14.5. The summed E-state index contributed by atoms with van der Waals surface area (Å²) in [6.45, 7) is 5.81. The first-order chi connectivity index (χ1) is 9.60. The smallest absolute Gasteiger partial charge is 0.229 e. The Hall–Kier alpha value is -1.73. The van der Waals surface area contributed by atoms with Gasteiger partial charge in [0.25, 0.3) is 0 Å². The van der Waals surface area contributed by atoms with E-state index in [1.807, 2.05) is 36.6 Å². The molecular formula is C13H21N5O2. The van der Waals surface area contributed by atoms with Gasteiger partial charge in [0.15, 0.2) is 5.82 Å². The molecule has 0 fully saturated rings. The first-order valence-corrected chi connectivity index (χ1v) is 6.72. The molecule has 0 atom stereocenters. The van der Waals surface area contributed by atoms with Crippen LogP contribution in [0.1, 0.15) is 37.3 Å². The second-order valence-corrected chi connectivity index (χ2v) is 5.09. The average molecular weight is 279 g/mol. The Morgan fingerprint density at radius 2 is 2.20 bits per heavy atom. The first kappa shape index (κ1) is 14.7. The van der Waals surface area contributed by atoms with Crippen LogP contribution in [0.5, 0.6) is 0 Å². The summed E-state index contributed by atoms with van der Waals surface area (Å²) in [5.41, 5.74) is 0. The zero-order valence-corrected chi connectivity index (χ0v) is 12.2. The molecule has 1 N–H and O–H groups in total. The largest absolute Gasteiger partial charge is 0.395 e. The van der Waals surface area contributed by atoms with Crippen LogP contribution < -0.4 is 0 Å². The lowest BCUT2D eigenvalue weighted by molar-refractivity contribution is 0.175. The summed E-state index contributed by atoms with van der Waals surface area (Å²) in [7, 11) is 1.95. The standard InChI is InChI=1S/C13H21N5O2/c1-10(2)13-15-11(16-20-13)8-18(6-7-19)9-12-14-4-5-17(12)3/h4-5,10,19H,6-9H2,1-3H3. The SMILES string of the molecule is CC(C)c1nc(CN(CCO)Cc2nccn2C)no1. The van der Waals surface area contributed by atoms with E-state index in [-0.39, 0.29) is 12.5 Å². The van der Waals surface area contributed by atoms with Crippen LogP contribution in [0.2, 0.25) is 0 Å². The van der Waals surface area contributed by atoms with Crippen molar-refractivity contribution in [2.24, 2.45) is 7.05 Å². The summed E-state index contributed by atoms with van der Waals surface area (Å²) in [6.07, 6.45) is 3.66. The van der Waals surface area contributed by atoms with Gasteiger partial charge in [-0.15, -0.1) is 0 Å². The van der Waals surface area contributed by atoms with Crippen LogP contribution in [0, 0.1) is 0 Å². The molecule has 0 aliphatic rings. The molecule has 0 radical (unpaired) electrons. The maximum Gasteiger partial charge on any atom is 0.229 e. The van der Waals surface area contributed by atoms with Crippen molar-refractivity contribution < 1.29 is 9.63 Å². The molecule has 7 heteroatoms. The van der Waals surface area contributed by atoms with Gasteiger partial charge in [-0.3, -0.25) is 4.90 Å². The molecule has 2 aromatic rings. The van der Waals surface area contributed by atoms with E-state index in [0.29, 0.717) is 31.3 Å². The number of aryl methyl sites for hydroxylation is 1.